The van der Waals surface area contributed by atoms with Crippen LogP contribution in [0.4, 0.5) is 0 Å². The zero-order valence-electron chi connectivity index (χ0n) is 16.8. The Kier molecular flexibility index (Phi) is 6.88. The Balaban J connectivity index is 1.73. The number of aromatic nitrogens is 2. The summed E-state index contributed by atoms with van der Waals surface area (Å²) in [6.45, 7) is 6.75. The van der Waals surface area contributed by atoms with Crippen molar-refractivity contribution in [3.05, 3.63) is 82.7 Å². The molecule has 1 aromatic heterocycles. The third kappa shape index (κ3) is 4.95. The molecule has 0 aliphatic rings. The summed E-state index contributed by atoms with van der Waals surface area (Å²) in [5.74, 6) is 0.202. The molecule has 1 amide bonds. The maximum absolute atomic E-state index is 12.8. The molecule has 2 aromatic carbocycles. The van der Waals surface area contributed by atoms with Crippen LogP contribution in [0, 0.1) is 0 Å². The Bertz CT molecular complexity index is 1070. The molecule has 0 N–H and O–H groups in total. The van der Waals surface area contributed by atoms with Gasteiger partial charge in [0.1, 0.15) is 0 Å². The zero-order valence-corrected chi connectivity index (χ0v) is 17.6. The Morgan fingerprint density at radius 2 is 1.86 bits per heavy atom. The highest BCUT2D eigenvalue weighted by Crippen LogP contribution is 2.19. The van der Waals surface area contributed by atoms with E-state index in [1.54, 1.807) is 28.7 Å². The van der Waals surface area contributed by atoms with Crippen molar-refractivity contribution in [2.75, 3.05) is 12.8 Å². The number of benzene rings is 2. The first-order valence-corrected chi connectivity index (χ1v) is 10.6. The van der Waals surface area contributed by atoms with Crippen LogP contribution >= 0.6 is 11.8 Å². The number of carbonyl (C=O) groups is 1. The zero-order chi connectivity index (χ0) is 20.8. The van der Waals surface area contributed by atoms with Crippen molar-refractivity contribution >= 4 is 28.6 Å². The normalized spacial score (nSPS) is 10.8. The number of allylic oxidation sites excluding steroid dienone is 1. The van der Waals surface area contributed by atoms with Crippen molar-refractivity contribution in [1.82, 2.24) is 14.5 Å². The number of hydrogen-bond donors (Lipinski definition) is 0. The number of amides is 1. The highest BCUT2D eigenvalue weighted by molar-refractivity contribution is 7.99. The molecular weight excluding hydrogens is 382 g/mol. The van der Waals surface area contributed by atoms with E-state index in [9.17, 15) is 9.59 Å². The fraction of sp³-hybridized carbons (Fsp3) is 0.261. The van der Waals surface area contributed by atoms with Crippen LogP contribution in [-0.4, -0.2) is 33.2 Å². The first kappa shape index (κ1) is 20.9. The third-order valence-electron chi connectivity index (χ3n) is 4.74. The second-order valence-electron chi connectivity index (χ2n) is 6.82. The number of fused-ring (bicyclic) bond motifs is 1. The smallest absolute Gasteiger partial charge is 0.262 e. The van der Waals surface area contributed by atoms with Gasteiger partial charge in [-0.15, -0.1) is 6.58 Å². The molecule has 0 saturated heterocycles. The first-order chi connectivity index (χ1) is 14.0. The van der Waals surface area contributed by atoms with Crippen molar-refractivity contribution in [2.24, 2.45) is 0 Å². The maximum atomic E-state index is 12.8. The van der Waals surface area contributed by atoms with Gasteiger partial charge >= 0.3 is 0 Å². The van der Waals surface area contributed by atoms with Gasteiger partial charge in [-0.05, 0) is 29.7 Å². The molecule has 29 heavy (non-hydrogen) atoms. The molecule has 0 bridgehead atoms. The quantitative estimate of drug-likeness (QED) is 0.323. The summed E-state index contributed by atoms with van der Waals surface area (Å²) < 4.78 is 1.57. The minimum absolute atomic E-state index is 0.0119. The van der Waals surface area contributed by atoms with Crippen LogP contribution in [0.15, 0.2) is 71.1 Å². The van der Waals surface area contributed by atoms with E-state index in [0.717, 1.165) is 12.0 Å². The summed E-state index contributed by atoms with van der Waals surface area (Å²) in [7, 11) is 1.79. The summed E-state index contributed by atoms with van der Waals surface area (Å²) >= 11 is 1.28. The number of carbonyl (C=O) groups excluding carboxylic acids is 1. The summed E-state index contributed by atoms with van der Waals surface area (Å²) in [5.41, 5.74) is 2.89. The second kappa shape index (κ2) is 9.56. The van der Waals surface area contributed by atoms with E-state index in [1.165, 1.54) is 17.3 Å². The minimum Gasteiger partial charge on any atom is -0.341 e. The summed E-state index contributed by atoms with van der Waals surface area (Å²) in [6.07, 6.45) is 2.66. The molecule has 0 unspecified atom stereocenters. The van der Waals surface area contributed by atoms with Crippen LogP contribution in [0.2, 0.25) is 0 Å². The first-order valence-electron chi connectivity index (χ1n) is 9.58. The van der Waals surface area contributed by atoms with Crippen molar-refractivity contribution in [3.8, 4) is 0 Å². The van der Waals surface area contributed by atoms with E-state index in [0.29, 0.717) is 29.1 Å². The molecule has 0 atom stereocenters. The van der Waals surface area contributed by atoms with Crippen LogP contribution in [0.1, 0.15) is 18.1 Å². The van der Waals surface area contributed by atoms with Gasteiger partial charge in [-0.1, -0.05) is 61.2 Å². The summed E-state index contributed by atoms with van der Waals surface area (Å²) in [6, 6.07) is 15.6. The van der Waals surface area contributed by atoms with Crippen LogP contribution in [0.5, 0.6) is 0 Å². The average Bonchev–Trinajstić information content (AvgIpc) is 2.74. The molecular formula is C23H25N3O2S. The Morgan fingerprint density at radius 1 is 1.17 bits per heavy atom. The molecule has 6 heteroatoms. The summed E-state index contributed by atoms with van der Waals surface area (Å²) in [4.78, 5) is 31.7. The van der Waals surface area contributed by atoms with E-state index in [2.05, 4.69) is 42.8 Å². The molecule has 0 aliphatic carbocycles. The molecule has 1 heterocycles. The molecule has 0 aliphatic heterocycles. The lowest BCUT2D eigenvalue weighted by Gasteiger charge is -2.18. The molecule has 0 saturated carbocycles. The van der Waals surface area contributed by atoms with Crippen LogP contribution in [0.25, 0.3) is 10.9 Å². The molecule has 0 radical (unpaired) electrons. The lowest BCUT2D eigenvalue weighted by molar-refractivity contribution is -0.127. The van der Waals surface area contributed by atoms with Crippen LogP contribution in [0.3, 0.4) is 0 Å². The fourth-order valence-corrected chi connectivity index (χ4v) is 3.98. The predicted molar refractivity (Wildman–Crippen MR) is 119 cm³/mol. The van der Waals surface area contributed by atoms with Gasteiger partial charge < -0.3 is 4.90 Å². The standard InChI is InChI=1S/C23H25N3O2S/c1-4-14-26-22(28)19-8-6-7-9-20(19)24-23(26)29-16-21(27)25(3)15-18-12-10-17(5-2)11-13-18/h4,6-13H,1,5,14-16H2,2-3H3. The number of rotatable bonds is 8. The van der Waals surface area contributed by atoms with Crippen molar-refractivity contribution < 1.29 is 4.79 Å². The molecule has 150 valence electrons. The van der Waals surface area contributed by atoms with Crippen LogP contribution in [-0.2, 0) is 24.3 Å². The van der Waals surface area contributed by atoms with E-state index in [4.69, 9.17) is 0 Å². The molecule has 3 aromatic rings. The lowest BCUT2D eigenvalue weighted by atomic mass is 10.1. The highest BCUT2D eigenvalue weighted by atomic mass is 32.2. The van der Waals surface area contributed by atoms with Gasteiger partial charge in [-0.25, -0.2) is 4.98 Å². The topological polar surface area (TPSA) is 55.2 Å². The lowest BCUT2D eigenvalue weighted by Crippen LogP contribution is -2.28. The number of thioether (sulfide) groups is 1. The number of hydrogen-bond acceptors (Lipinski definition) is 4. The second-order valence-corrected chi connectivity index (χ2v) is 7.77. The van der Waals surface area contributed by atoms with Crippen molar-refractivity contribution in [1.29, 1.82) is 0 Å². The monoisotopic (exact) mass is 407 g/mol. The van der Waals surface area contributed by atoms with Gasteiger partial charge in [0.05, 0.1) is 16.7 Å². The van der Waals surface area contributed by atoms with Gasteiger partial charge in [-0.2, -0.15) is 0 Å². The van der Waals surface area contributed by atoms with E-state index in [-0.39, 0.29) is 17.2 Å². The molecule has 0 spiro atoms. The number of aryl methyl sites for hydroxylation is 1. The van der Waals surface area contributed by atoms with E-state index in [1.807, 2.05) is 18.2 Å². The van der Waals surface area contributed by atoms with Crippen LogP contribution < -0.4 is 5.56 Å². The minimum atomic E-state index is -0.116. The number of para-hydroxylation sites is 1. The van der Waals surface area contributed by atoms with E-state index >= 15 is 0 Å². The predicted octanol–water partition coefficient (Wildman–Crippen LogP) is 3.90. The van der Waals surface area contributed by atoms with Gasteiger partial charge in [0.25, 0.3) is 5.56 Å². The van der Waals surface area contributed by atoms with Gasteiger partial charge in [0, 0.05) is 20.1 Å². The van der Waals surface area contributed by atoms with E-state index < -0.39 is 0 Å². The van der Waals surface area contributed by atoms with Gasteiger partial charge in [0.15, 0.2) is 5.16 Å². The average molecular weight is 408 g/mol. The van der Waals surface area contributed by atoms with Crippen molar-refractivity contribution in [2.45, 2.75) is 31.6 Å². The Labute approximate surface area is 175 Å². The summed E-state index contributed by atoms with van der Waals surface area (Å²) in [5, 5.41) is 1.10. The number of nitrogens with zero attached hydrogens (tertiary/aromatic N) is 3. The third-order valence-corrected chi connectivity index (χ3v) is 5.70. The van der Waals surface area contributed by atoms with Gasteiger partial charge in [-0.3, -0.25) is 14.2 Å². The SMILES string of the molecule is C=CCn1c(SCC(=O)N(C)Cc2ccc(CC)cc2)nc2ccccc2c1=O. The molecule has 5 nitrogen and oxygen atoms in total. The highest BCUT2D eigenvalue weighted by Gasteiger charge is 2.15. The fourth-order valence-electron chi connectivity index (χ4n) is 3.03. The largest absolute Gasteiger partial charge is 0.341 e. The maximum Gasteiger partial charge on any atom is 0.262 e. The van der Waals surface area contributed by atoms with Gasteiger partial charge in [0.2, 0.25) is 5.91 Å². The van der Waals surface area contributed by atoms with Crippen molar-refractivity contribution in [3.63, 3.8) is 0 Å². The Morgan fingerprint density at radius 3 is 2.55 bits per heavy atom. The molecule has 3 rings (SSSR count). The molecule has 0 fully saturated rings. The Hall–Kier alpha value is -2.86.